The van der Waals surface area contributed by atoms with Gasteiger partial charge in [-0.1, -0.05) is 11.6 Å². The summed E-state index contributed by atoms with van der Waals surface area (Å²) in [6, 6.07) is 5.06. The van der Waals surface area contributed by atoms with Gasteiger partial charge in [0.05, 0.1) is 17.2 Å². The summed E-state index contributed by atoms with van der Waals surface area (Å²) in [6.45, 7) is 3.09. The molecule has 2 aliphatic rings. The molecule has 0 spiro atoms. The molecule has 1 atom stereocenters. The summed E-state index contributed by atoms with van der Waals surface area (Å²) < 4.78 is 0. The van der Waals surface area contributed by atoms with Crippen molar-refractivity contribution in [1.29, 1.82) is 0 Å². The first-order valence-electron chi connectivity index (χ1n) is 7.75. The molecule has 0 radical (unpaired) electrons. The van der Waals surface area contributed by atoms with Crippen molar-refractivity contribution < 1.29 is 9.59 Å². The molecule has 0 aliphatic carbocycles. The summed E-state index contributed by atoms with van der Waals surface area (Å²) in [5.74, 6) is -0.131. The molecule has 3 rings (SSSR count). The minimum Gasteiger partial charge on any atom is -0.339 e. The first-order chi connectivity index (χ1) is 10.6. The monoisotopic (exact) mass is 357 g/mol. The van der Waals surface area contributed by atoms with Gasteiger partial charge in [-0.25, -0.2) is 0 Å². The molecule has 126 valence electrons. The number of nitrogens with one attached hydrogen (secondary N) is 2. The Hall–Kier alpha value is -1.30. The van der Waals surface area contributed by atoms with Crippen molar-refractivity contribution >= 4 is 41.5 Å². The largest absolute Gasteiger partial charge is 0.339 e. The molecule has 2 amide bonds. The minimum absolute atomic E-state index is 0. The quantitative estimate of drug-likeness (QED) is 0.873. The highest BCUT2D eigenvalue weighted by Crippen LogP contribution is 2.25. The minimum atomic E-state index is -0.0557. The van der Waals surface area contributed by atoms with Crippen LogP contribution in [0.3, 0.4) is 0 Å². The van der Waals surface area contributed by atoms with E-state index >= 15 is 0 Å². The van der Waals surface area contributed by atoms with Crippen LogP contribution in [0.25, 0.3) is 0 Å². The Balaban J connectivity index is 0.00000192. The third-order valence-corrected chi connectivity index (χ3v) is 4.53. The van der Waals surface area contributed by atoms with E-state index in [0.29, 0.717) is 22.8 Å². The fourth-order valence-corrected chi connectivity index (χ4v) is 3.18. The predicted octanol–water partition coefficient (Wildman–Crippen LogP) is 2.55. The first-order valence-corrected chi connectivity index (χ1v) is 8.13. The molecule has 1 aromatic rings. The Kier molecular flexibility index (Phi) is 6.27. The van der Waals surface area contributed by atoms with Crippen molar-refractivity contribution in [3.8, 4) is 0 Å². The fourth-order valence-electron chi connectivity index (χ4n) is 3.01. The zero-order valence-corrected chi connectivity index (χ0v) is 14.4. The lowest BCUT2D eigenvalue weighted by atomic mass is 10.1. The molecule has 2 N–H and O–H groups in total. The number of carbonyl (C=O) groups is 2. The van der Waals surface area contributed by atoms with Crippen LogP contribution in [0.15, 0.2) is 18.2 Å². The second-order valence-corrected chi connectivity index (χ2v) is 6.30. The SMILES string of the molecule is Cl.O=C(Nc1ccc(Cl)cc1C(=O)N1CCCC1)C1CCNC1. The highest BCUT2D eigenvalue weighted by atomic mass is 35.5. The van der Waals surface area contributed by atoms with E-state index in [4.69, 9.17) is 11.6 Å². The van der Waals surface area contributed by atoms with Crippen molar-refractivity contribution in [1.82, 2.24) is 10.2 Å². The van der Waals surface area contributed by atoms with E-state index in [-0.39, 0.29) is 30.1 Å². The Morgan fingerprint density at radius 3 is 2.65 bits per heavy atom. The summed E-state index contributed by atoms with van der Waals surface area (Å²) in [7, 11) is 0. The Morgan fingerprint density at radius 2 is 2.00 bits per heavy atom. The van der Waals surface area contributed by atoms with Gasteiger partial charge in [-0.15, -0.1) is 12.4 Å². The molecule has 1 aromatic carbocycles. The average molecular weight is 358 g/mol. The Bertz CT molecular complexity index is 583. The van der Waals surface area contributed by atoms with Crippen molar-refractivity contribution in [2.45, 2.75) is 19.3 Å². The van der Waals surface area contributed by atoms with Crippen LogP contribution in [0.5, 0.6) is 0 Å². The van der Waals surface area contributed by atoms with E-state index in [9.17, 15) is 9.59 Å². The van der Waals surface area contributed by atoms with Gasteiger partial charge < -0.3 is 15.5 Å². The number of nitrogens with zero attached hydrogens (tertiary/aromatic N) is 1. The number of benzene rings is 1. The summed E-state index contributed by atoms with van der Waals surface area (Å²) >= 11 is 6.04. The van der Waals surface area contributed by atoms with Gasteiger partial charge in [0.25, 0.3) is 5.91 Å². The highest BCUT2D eigenvalue weighted by Gasteiger charge is 2.26. The van der Waals surface area contributed by atoms with Gasteiger partial charge in [-0.05, 0) is 44.0 Å². The normalized spacial score (nSPS) is 20.2. The summed E-state index contributed by atoms with van der Waals surface area (Å²) in [5, 5.41) is 6.57. The second-order valence-electron chi connectivity index (χ2n) is 5.87. The van der Waals surface area contributed by atoms with Crippen LogP contribution in [-0.4, -0.2) is 42.9 Å². The van der Waals surface area contributed by atoms with Crippen molar-refractivity contribution in [3.63, 3.8) is 0 Å². The maximum absolute atomic E-state index is 12.6. The Morgan fingerprint density at radius 1 is 1.26 bits per heavy atom. The van der Waals surface area contributed by atoms with Gasteiger partial charge in [0.2, 0.25) is 5.91 Å². The van der Waals surface area contributed by atoms with Crippen molar-refractivity contribution in [2.24, 2.45) is 5.92 Å². The number of rotatable bonds is 3. The molecule has 2 heterocycles. The predicted molar refractivity (Wildman–Crippen MR) is 93.4 cm³/mol. The molecule has 2 fully saturated rings. The van der Waals surface area contributed by atoms with E-state index in [0.717, 1.165) is 38.9 Å². The smallest absolute Gasteiger partial charge is 0.256 e. The average Bonchev–Trinajstić information content (AvgIpc) is 3.21. The summed E-state index contributed by atoms with van der Waals surface area (Å²) in [5.41, 5.74) is 1.03. The number of anilines is 1. The van der Waals surface area contributed by atoms with Crippen LogP contribution >= 0.6 is 24.0 Å². The second kappa shape index (κ2) is 7.99. The number of likely N-dealkylation sites (tertiary alicyclic amines) is 1. The number of hydrogen-bond donors (Lipinski definition) is 2. The first kappa shape index (κ1) is 18.0. The van der Waals surface area contributed by atoms with Crippen LogP contribution in [0, 0.1) is 5.92 Å². The van der Waals surface area contributed by atoms with Crippen LogP contribution in [0.2, 0.25) is 5.02 Å². The molecule has 23 heavy (non-hydrogen) atoms. The van der Waals surface area contributed by atoms with E-state index in [1.54, 1.807) is 18.2 Å². The topological polar surface area (TPSA) is 61.4 Å². The zero-order valence-electron chi connectivity index (χ0n) is 12.8. The number of hydrogen-bond acceptors (Lipinski definition) is 3. The molecule has 2 aliphatic heterocycles. The molecule has 5 nitrogen and oxygen atoms in total. The maximum atomic E-state index is 12.6. The Labute approximate surface area is 147 Å². The molecule has 0 aromatic heterocycles. The molecule has 1 unspecified atom stereocenters. The van der Waals surface area contributed by atoms with Crippen LogP contribution in [0.1, 0.15) is 29.6 Å². The van der Waals surface area contributed by atoms with Gasteiger partial charge >= 0.3 is 0 Å². The van der Waals surface area contributed by atoms with Crippen molar-refractivity contribution in [2.75, 3.05) is 31.5 Å². The van der Waals surface area contributed by atoms with E-state index in [1.165, 1.54) is 0 Å². The van der Waals surface area contributed by atoms with Crippen molar-refractivity contribution in [3.05, 3.63) is 28.8 Å². The third kappa shape index (κ3) is 4.16. The molecule has 0 saturated carbocycles. The standard InChI is InChI=1S/C16H20ClN3O2.ClH/c17-12-3-4-14(19-15(21)11-5-6-18-10-11)13(9-12)16(22)20-7-1-2-8-20;/h3-4,9,11,18H,1-2,5-8,10H2,(H,19,21);1H. The number of amides is 2. The fraction of sp³-hybridized carbons (Fsp3) is 0.500. The molecular formula is C16H21Cl2N3O2. The lowest BCUT2D eigenvalue weighted by Gasteiger charge is -2.19. The van der Waals surface area contributed by atoms with Crippen LogP contribution in [0.4, 0.5) is 5.69 Å². The lowest BCUT2D eigenvalue weighted by molar-refractivity contribution is -0.119. The molecule has 0 bridgehead atoms. The molecule has 2 saturated heterocycles. The van der Waals surface area contributed by atoms with E-state index < -0.39 is 0 Å². The zero-order chi connectivity index (χ0) is 15.5. The van der Waals surface area contributed by atoms with E-state index in [1.807, 2.05) is 4.90 Å². The number of halogens is 2. The van der Waals surface area contributed by atoms with Gasteiger partial charge in [0.1, 0.15) is 0 Å². The lowest BCUT2D eigenvalue weighted by Crippen LogP contribution is -2.30. The third-order valence-electron chi connectivity index (χ3n) is 4.29. The summed E-state index contributed by atoms with van der Waals surface area (Å²) in [4.78, 5) is 26.7. The van der Waals surface area contributed by atoms with Gasteiger partial charge in [0.15, 0.2) is 0 Å². The highest BCUT2D eigenvalue weighted by molar-refractivity contribution is 6.31. The summed E-state index contributed by atoms with van der Waals surface area (Å²) in [6.07, 6.45) is 2.89. The number of carbonyl (C=O) groups excluding carboxylic acids is 2. The molecule has 7 heteroatoms. The maximum Gasteiger partial charge on any atom is 0.256 e. The van der Waals surface area contributed by atoms with Gasteiger partial charge in [-0.3, -0.25) is 9.59 Å². The molecular weight excluding hydrogens is 337 g/mol. The van der Waals surface area contributed by atoms with Gasteiger partial charge in [-0.2, -0.15) is 0 Å². The van der Waals surface area contributed by atoms with Gasteiger partial charge in [0, 0.05) is 24.7 Å². The van der Waals surface area contributed by atoms with E-state index in [2.05, 4.69) is 10.6 Å². The van der Waals surface area contributed by atoms with Crippen LogP contribution < -0.4 is 10.6 Å². The van der Waals surface area contributed by atoms with Crippen LogP contribution in [-0.2, 0) is 4.79 Å².